The summed E-state index contributed by atoms with van der Waals surface area (Å²) in [7, 11) is 1.22. The molecule has 0 aliphatic carbocycles. The van der Waals surface area contributed by atoms with Crippen LogP contribution in [0, 0.1) is 10.1 Å². The monoisotopic (exact) mass is 251 g/mol. The Bertz CT molecular complexity index is 483. The van der Waals surface area contributed by atoms with Crippen molar-refractivity contribution >= 4 is 17.5 Å². The lowest BCUT2D eigenvalue weighted by atomic mass is 10.2. The van der Waals surface area contributed by atoms with Crippen LogP contribution in [0.4, 0.5) is 11.5 Å². The van der Waals surface area contributed by atoms with E-state index in [4.69, 9.17) is 0 Å². The molecule has 1 aromatic heterocycles. The van der Waals surface area contributed by atoms with Gasteiger partial charge in [0.15, 0.2) is 0 Å². The number of nitro groups is 1. The Morgan fingerprint density at radius 1 is 1.50 bits per heavy atom. The molecule has 1 aromatic rings. The zero-order chi connectivity index (χ0) is 13.1. The molecular formula is C11H13N3O4. The largest absolute Gasteiger partial charge is 0.465 e. The van der Waals surface area contributed by atoms with Crippen molar-refractivity contribution in [3.8, 4) is 0 Å². The molecule has 0 aromatic carbocycles. The summed E-state index contributed by atoms with van der Waals surface area (Å²) in [6, 6.07) is 1.21. The topological polar surface area (TPSA) is 85.6 Å². The quantitative estimate of drug-likeness (QED) is 0.458. The Labute approximate surface area is 104 Å². The highest BCUT2D eigenvalue weighted by molar-refractivity contribution is 5.90. The second kappa shape index (κ2) is 4.99. The number of esters is 1. The first kappa shape index (κ1) is 12.3. The number of nitrogens with zero attached hydrogens (tertiary/aromatic N) is 3. The molecule has 2 rings (SSSR count). The fourth-order valence-electron chi connectivity index (χ4n) is 1.98. The molecule has 2 heterocycles. The van der Waals surface area contributed by atoms with Gasteiger partial charge in [-0.15, -0.1) is 0 Å². The lowest BCUT2D eigenvalue weighted by Gasteiger charge is -2.16. The van der Waals surface area contributed by atoms with Gasteiger partial charge >= 0.3 is 11.7 Å². The Balaban J connectivity index is 2.40. The van der Waals surface area contributed by atoms with Gasteiger partial charge in [0.05, 0.1) is 17.6 Å². The van der Waals surface area contributed by atoms with E-state index >= 15 is 0 Å². The van der Waals surface area contributed by atoms with E-state index in [1.165, 1.54) is 19.4 Å². The van der Waals surface area contributed by atoms with Gasteiger partial charge in [0, 0.05) is 25.4 Å². The van der Waals surface area contributed by atoms with Crippen LogP contribution >= 0.6 is 0 Å². The maximum Gasteiger partial charge on any atom is 0.339 e. The van der Waals surface area contributed by atoms with E-state index in [2.05, 4.69) is 9.72 Å². The van der Waals surface area contributed by atoms with Crippen LogP contribution in [0.3, 0.4) is 0 Å². The molecule has 18 heavy (non-hydrogen) atoms. The maximum absolute atomic E-state index is 11.3. The molecule has 0 bridgehead atoms. The third kappa shape index (κ3) is 2.24. The molecule has 7 heteroatoms. The van der Waals surface area contributed by atoms with Crippen molar-refractivity contribution in [1.29, 1.82) is 0 Å². The molecule has 0 N–H and O–H groups in total. The van der Waals surface area contributed by atoms with Crippen molar-refractivity contribution in [2.45, 2.75) is 12.8 Å². The molecule has 1 aliphatic rings. The maximum atomic E-state index is 11.3. The summed E-state index contributed by atoms with van der Waals surface area (Å²) in [6.07, 6.45) is 3.31. The lowest BCUT2D eigenvalue weighted by molar-refractivity contribution is -0.384. The molecule has 96 valence electrons. The van der Waals surface area contributed by atoms with Gasteiger partial charge in [0.2, 0.25) is 5.82 Å². The second-order valence-corrected chi connectivity index (χ2v) is 4.01. The van der Waals surface area contributed by atoms with Gasteiger partial charge in [-0.05, 0) is 12.8 Å². The first-order valence-electron chi connectivity index (χ1n) is 5.61. The number of hydrogen-bond donors (Lipinski definition) is 0. The summed E-state index contributed by atoms with van der Waals surface area (Å²) in [4.78, 5) is 27.7. The van der Waals surface area contributed by atoms with Gasteiger partial charge in [-0.1, -0.05) is 0 Å². The number of aromatic nitrogens is 1. The van der Waals surface area contributed by atoms with E-state index in [1.807, 2.05) is 4.90 Å². The van der Waals surface area contributed by atoms with Gasteiger partial charge < -0.3 is 9.64 Å². The van der Waals surface area contributed by atoms with Crippen LogP contribution in [0.25, 0.3) is 0 Å². The predicted octanol–water partition coefficient (Wildman–Crippen LogP) is 1.38. The van der Waals surface area contributed by atoms with Crippen molar-refractivity contribution < 1.29 is 14.5 Å². The fraction of sp³-hybridized carbons (Fsp3) is 0.455. The molecule has 0 unspecified atom stereocenters. The average molecular weight is 251 g/mol. The van der Waals surface area contributed by atoms with E-state index < -0.39 is 10.9 Å². The van der Waals surface area contributed by atoms with Crippen LogP contribution in [-0.2, 0) is 4.74 Å². The highest BCUT2D eigenvalue weighted by atomic mass is 16.6. The highest BCUT2D eigenvalue weighted by Crippen LogP contribution is 2.29. The number of anilines is 1. The van der Waals surface area contributed by atoms with Crippen LogP contribution in [-0.4, -0.2) is 36.1 Å². The minimum absolute atomic E-state index is 0.0900. The summed E-state index contributed by atoms with van der Waals surface area (Å²) in [5, 5.41) is 11.0. The molecule has 0 atom stereocenters. The zero-order valence-corrected chi connectivity index (χ0v) is 9.96. The number of rotatable bonds is 3. The Morgan fingerprint density at radius 2 is 2.17 bits per heavy atom. The summed E-state index contributed by atoms with van der Waals surface area (Å²) in [5.74, 6) is -0.302. The number of pyridine rings is 1. The van der Waals surface area contributed by atoms with E-state index in [0.717, 1.165) is 25.9 Å². The minimum Gasteiger partial charge on any atom is -0.465 e. The van der Waals surface area contributed by atoms with Gasteiger partial charge in [0.1, 0.15) is 0 Å². The molecule has 0 spiro atoms. The Kier molecular flexibility index (Phi) is 3.40. The van der Waals surface area contributed by atoms with E-state index in [9.17, 15) is 14.9 Å². The van der Waals surface area contributed by atoms with Crippen LogP contribution in [0.15, 0.2) is 12.3 Å². The number of ether oxygens (including phenoxy) is 1. The number of carbonyl (C=O) groups excluding carboxylic acids is 1. The number of methoxy groups -OCH3 is 1. The van der Waals surface area contributed by atoms with Crippen LogP contribution in [0.5, 0.6) is 0 Å². The van der Waals surface area contributed by atoms with Crippen LogP contribution in [0.2, 0.25) is 0 Å². The summed E-state index contributed by atoms with van der Waals surface area (Å²) >= 11 is 0. The predicted molar refractivity (Wildman–Crippen MR) is 63.7 cm³/mol. The molecule has 0 saturated carbocycles. The van der Waals surface area contributed by atoms with Gasteiger partial charge in [0.25, 0.3) is 0 Å². The average Bonchev–Trinajstić information content (AvgIpc) is 2.90. The summed E-state index contributed by atoms with van der Waals surface area (Å²) in [5.41, 5.74) is -0.0630. The van der Waals surface area contributed by atoms with E-state index in [1.54, 1.807) is 0 Å². The Morgan fingerprint density at radius 3 is 2.72 bits per heavy atom. The number of carbonyl (C=O) groups is 1. The molecule has 1 fully saturated rings. The molecular weight excluding hydrogens is 238 g/mol. The number of hydrogen-bond acceptors (Lipinski definition) is 6. The Hall–Kier alpha value is -2.18. The van der Waals surface area contributed by atoms with Crippen LogP contribution in [0.1, 0.15) is 23.2 Å². The van der Waals surface area contributed by atoms with Gasteiger partial charge in [-0.2, -0.15) is 0 Å². The SMILES string of the molecule is COC(=O)c1cnc(N2CCCC2)c([N+](=O)[O-])c1. The normalized spacial score (nSPS) is 14.6. The molecule has 0 radical (unpaired) electrons. The minimum atomic E-state index is -0.626. The van der Waals surface area contributed by atoms with Gasteiger partial charge in [-0.3, -0.25) is 10.1 Å². The molecule has 1 saturated heterocycles. The summed E-state index contributed by atoms with van der Waals surface area (Å²) in [6.45, 7) is 1.51. The smallest absolute Gasteiger partial charge is 0.339 e. The first-order chi connectivity index (χ1) is 8.63. The van der Waals surface area contributed by atoms with Gasteiger partial charge in [-0.25, -0.2) is 9.78 Å². The lowest BCUT2D eigenvalue weighted by Crippen LogP contribution is -2.20. The highest BCUT2D eigenvalue weighted by Gasteiger charge is 2.25. The van der Waals surface area contributed by atoms with Crippen molar-refractivity contribution in [1.82, 2.24) is 4.98 Å². The van der Waals surface area contributed by atoms with Crippen LogP contribution < -0.4 is 4.90 Å². The zero-order valence-electron chi connectivity index (χ0n) is 9.96. The molecule has 0 amide bonds. The van der Waals surface area contributed by atoms with Crippen molar-refractivity contribution in [3.05, 3.63) is 27.9 Å². The van der Waals surface area contributed by atoms with Crippen molar-refractivity contribution in [2.75, 3.05) is 25.1 Å². The van der Waals surface area contributed by atoms with Crippen molar-refractivity contribution in [3.63, 3.8) is 0 Å². The third-order valence-electron chi connectivity index (χ3n) is 2.87. The molecule has 1 aliphatic heterocycles. The summed E-state index contributed by atoms with van der Waals surface area (Å²) < 4.78 is 4.52. The second-order valence-electron chi connectivity index (χ2n) is 4.01. The van der Waals surface area contributed by atoms with E-state index in [0.29, 0.717) is 5.82 Å². The molecule has 7 nitrogen and oxygen atoms in total. The van der Waals surface area contributed by atoms with E-state index in [-0.39, 0.29) is 11.3 Å². The van der Waals surface area contributed by atoms with Crippen molar-refractivity contribution in [2.24, 2.45) is 0 Å². The first-order valence-corrected chi connectivity index (χ1v) is 5.61. The standard InChI is InChI=1S/C11H13N3O4/c1-18-11(15)8-6-9(14(16)17)10(12-7-8)13-4-2-3-5-13/h6-7H,2-5H2,1H3. The fourth-order valence-corrected chi connectivity index (χ4v) is 1.98. The third-order valence-corrected chi connectivity index (χ3v) is 2.87.